The van der Waals surface area contributed by atoms with Gasteiger partial charge in [0.25, 0.3) is 5.91 Å². The van der Waals surface area contributed by atoms with Crippen molar-refractivity contribution >= 4 is 23.6 Å². The molecule has 1 aliphatic carbocycles. The number of nitrogens with zero attached hydrogens (tertiary/aromatic N) is 4. The summed E-state index contributed by atoms with van der Waals surface area (Å²) >= 11 is 1.52. The average molecular weight is 491 g/mol. The van der Waals surface area contributed by atoms with Crippen LogP contribution in [0.2, 0.25) is 0 Å². The molecule has 7 nitrogen and oxygen atoms in total. The third-order valence-electron chi connectivity index (χ3n) is 6.85. The fraction of sp³-hybridized carbons (Fsp3) is 0.407. The highest BCUT2D eigenvalue weighted by Crippen LogP contribution is 2.29. The first-order chi connectivity index (χ1) is 17.1. The molecule has 0 bridgehead atoms. The van der Waals surface area contributed by atoms with E-state index in [1.54, 1.807) is 11.0 Å². The van der Waals surface area contributed by atoms with E-state index in [0.29, 0.717) is 31.1 Å². The number of hydrogen-bond donors (Lipinski definition) is 0. The number of rotatable bonds is 6. The van der Waals surface area contributed by atoms with Gasteiger partial charge in [-0.15, -0.1) is 10.2 Å². The quantitative estimate of drug-likeness (QED) is 0.458. The molecular formula is C27H30N4O3S. The Morgan fingerprint density at radius 3 is 2.51 bits per heavy atom. The van der Waals surface area contributed by atoms with E-state index in [9.17, 15) is 9.59 Å². The molecule has 1 atom stereocenters. The fourth-order valence-corrected chi connectivity index (χ4v) is 5.62. The SMILES string of the molecule is C[C@@H]1CN(C(=O)c2ccc(CSc3ccc(-c4ccccc4)nn3)o2)CCN1C(=O)C1CCCC1. The van der Waals surface area contributed by atoms with Gasteiger partial charge in [0.1, 0.15) is 10.8 Å². The number of carbonyl (C=O) groups is 2. The van der Waals surface area contributed by atoms with Crippen LogP contribution >= 0.6 is 11.8 Å². The van der Waals surface area contributed by atoms with Crippen LogP contribution in [0.25, 0.3) is 11.3 Å². The maximum absolute atomic E-state index is 13.0. The largest absolute Gasteiger partial charge is 0.455 e. The van der Waals surface area contributed by atoms with Crippen LogP contribution in [0.1, 0.15) is 48.9 Å². The number of aromatic nitrogens is 2. The first kappa shape index (κ1) is 23.6. The van der Waals surface area contributed by atoms with E-state index in [4.69, 9.17) is 4.42 Å². The topological polar surface area (TPSA) is 79.5 Å². The van der Waals surface area contributed by atoms with Crippen molar-refractivity contribution in [3.05, 3.63) is 66.1 Å². The zero-order valence-electron chi connectivity index (χ0n) is 19.9. The van der Waals surface area contributed by atoms with Gasteiger partial charge < -0.3 is 14.2 Å². The van der Waals surface area contributed by atoms with Gasteiger partial charge in [-0.25, -0.2) is 0 Å². The van der Waals surface area contributed by atoms with Gasteiger partial charge in [0.15, 0.2) is 5.76 Å². The van der Waals surface area contributed by atoms with Crippen molar-refractivity contribution in [3.8, 4) is 11.3 Å². The first-order valence-electron chi connectivity index (χ1n) is 12.3. The number of furan rings is 1. The van der Waals surface area contributed by atoms with Crippen LogP contribution < -0.4 is 0 Å². The summed E-state index contributed by atoms with van der Waals surface area (Å²) in [5, 5.41) is 9.42. The van der Waals surface area contributed by atoms with Crippen LogP contribution in [0.5, 0.6) is 0 Å². The molecule has 2 aliphatic rings. The summed E-state index contributed by atoms with van der Waals surface area (Å²) in [7, 11) is 0. The predicted molar refractivity (Wildman–Crippen MR) is 135 cm³/mol. The first-order valence-corrected chi connectivity index (χ1v) is 13.3. The lowest BCUT2D eigenvalue weighted by molar-refractivity contribution is -0.139. The van der Waals surface area contributed by atoms with Crippen molar-refractivity contribution in [1.82, 2.24) is 20.0 Å². The van der Waals surface area contributed by atoms with E-state index in [-0.39, 0.29) is 23.8 Å². The summed E-state index contributed by atoms with van der Waals surface area (Å²) in [5.41, 5.74) is 1.86. The summed E-state index contributed by atoms with van der Waals surface area (Å²) in [6, 6.07) is 17.4. The Balaban J connectivity index is 1.14. The Bertz CT molecular complexity index is 1160. The number of amides is 2. The Labute approximate surface area is 209 Å². The van der Waals surface area contributed by atoms with Crippen molar-refractivity contribution in [2.45, 2.75) is 49.4 Å². The molecule has 1 aliphatic heterocycles. The molecule has 0 unspecified atom stereocenters. The molecule has 1 saturated carbocycles. The third kappa shape index (κ3) is 5.42. The minimum Gasteiger partial charge on any atom is -0.455 e. The molecule has 0 N–H and O–H groups in total. The van der Waals surface area contributed by atoms with Crippen LogP contribution in [0.4, 0.5) is 0 Å². The van der Waals surface area contributed by atoms with Crippen LogP contribution in [-0.2, 0) is 10.5 Å². The number of carbonyl (C=O) groups excluding carboxylic acids is 2. The highest BCUT2D eigenvalue weighted by atomic mass is 32.2. The predicted octanol–water partition coefficient (Wildman–Crippen LogP) is 4.89. The summed E-state index contributed by atoms with van der Waals surface area (Å²) in [5.74, 6) is 1.94. The number of benzene rings is 1. The maximum Gasteiger partial charge on any atom is 0.289 e. The van der Waals surface area contributed by atoms with E-state index in [2.05, 4.69) is 10.2 Å². The molecule has 3 aromatic rings. The van der Waals surface area contributed by atoms with Crippen LogP contribution in [0, 0.1) is 5.92 Å². The third-order valence-corrected chi connectivity index (χ3v) is 7.79. The van der Waals surface area contributed by atoms with Crippen LogP contribution in [0.15, 0.2) is 64.0 Å². The average Bonchev–Trinajstić information content (AvgIpc) is 3.60. The van der Waals surface area contributed by atoms with Crippen molar-refractivity contribution in [1.29, 1.82) is 0 Å². The minimum atomic E-state index is -0.118. The monoisotopic (exact) mass is 490 g/mol. The molecule has 0 spiro atoms. The Morgan fingerprint density at radius 1 is 1.00 bits per heavy atom. The van der Waals surface area contributed by atoms with Gasteiger partial charge in [-0.2, -0.15) is 0 Å². The fourth-order valence-electron chi connectivity index (χ4n) is 4.91. The van der Waals surface area contributed by atoms with Gasteiger partial charge in [-0.3, -0.25) is 9.59 Å². The molecule has 2 amide bonds. The molecule has 35 heavy (non-hydrogen) atoms. The lowest BCUT2D eigenvalue weighted by Gasteiger charge is -2.40. The molecule has 2 fully saturated rings. The molecule has 0 radical (unpaired) electrons. The normalized spacial score (nSPS) is 18.7. The smallest absolute Gasteiger partial charge is 0.289 e. The Morgan fingerprint density at radius 2 is 1.80 bits per heavy atom. The van der Waals surface area contributed by atoms with Crippen molar-refractivity contribution in [3.63, 3.8) is 0 Å². The standard InChI is InChI=1S/C27H30N4O3S/c1-19-17-30(15-16-31(19)26(32)21-9-5-6-10-21)27(33)24-13-11-22(34-24)18-35-25-14-12-23(28-29-25)20-7-3-2-4-8-20/h2-4,7-8,11-14,19,21H,5-6,9-10,15-18H2,1H3/t19-/m1/s1. The zero-order valence-corrected chi connectivity index (χ0v) is 20.7. The lowest BCUT2D eigenvalue weighted by Crippen LogP contribution is -2.56. The molecule has 1 saturated heterocycles. The second-order valence-corrected chi connectivity index (χ2v) is 10.3. The molecule has 5 rings (SSSR count). The highest BCUT2D eigenvalue weighted by Gasteiger charge is 2.35. The number of piperazine rings is 1. The molecule has 2 aromatic heterocycles. The zero-order chi connectivity index (χ0) is 24.2. The van der Waals surface area contributed by atoms with E-state index in [1.807, 2.05) is 60.4 Å². The summed E-state index contributed by atoms with van der Waals surface area (Å²) in [6.45, 7) is 3.69. The number of thioether (sulfide) groups is 1. The molecule has 8 heteroatoms. The van der Waals surface area contributed by atoms with Gasteiger partial charge in [-0.05, 0) is 44.0 Å². The van der Waals surface area contributed by atoms with Crippen molar-refractivity contribution in [2.24, 2.45) is 5.92 Å². The second-order valence-electron chi connectivity index (χ2n) is 9.29. The lowest BCUT2D eigenvalue weighted by atomic mass is 10.0. The van der Waals surface area contributed by atoms with Gasteiger partial charge in [0.2, 0.25) is 5.91 Å². The Kier molecular flexibility index (Phi) is 7.18. The second kappa shape index (κ2) is 10.6. The number of hydrogen-bond acceptors (Lipinski definition) is 6. The van der Waals surface area contributed by atoms with Gasteiger partial charge in [0.05, 0.1) is 11.4 Å². The summed E-state index contributed by atoms with van der Waals surface area (Å²) in [6.07, 6.45) is 4.29. The van der Waals surface area contributed by atoms with E-state index in [1.165, 1.54) is 11.8 Å². The summed E-state index contributed by atoms with van der Waals surface area (Å²) < 4.78 is 5.86. The molecular weight excluding hydrogens is 460 g/mol. The van der Waals surface area contributed by atoms with E-state index in [0.717, 1.165) is 47.7 Å². The van der Waals surface area contributed by atoms with Crippen LogP contribution in [0.3, 0.4) is 0 Å². The van der Waals surface area contributed by atoms with Crippen molar-refractivity contribution < 1.29 is 14.0 Å². The summed E-state index contributed by atoms with van der Waals surface area (Å²) in [4.78, 5) is 29.6. The van der Waals surface area contributed by atoms with Crippen molar-refractivity contribution in [2.75, 3.05) is 19.6 Å². The Hall–Kier alpha value is -3.13. The molecule has 182 valence electrons. The van der Waals surface area contributed by atoms with E-state index >= 15 is 0 Å². The molecule has 1 aromatic carbocycles. The van der Waals surface area contributed by atoms with E-state index < -0.39 is 0 Å². The van der Waals surface area contributed by atoms with Crippen LogP contribution in [-0.4, -0.2) is 57.5 Å². The van der Waals surface area contributed by atoms with Gasteiger partial charge in [-0.1, -0.05) is 54.9 Å². The maximum atomic E-state index is 13.0. The van der Waals surface area contributed by atoms with Gasteiger partial charge in [0, 0.05) is 37.2 Å². The highest BCUT2D eigenvalue weighted by molar-refractivity contribution is 7.98. The molecule has 3 heterocycles. The minimum absolute atomic E-state index is 0.0169. The van der Waals surface area contributed by atoms with Gasteiger partial charge >= 0.3 is 0 Å².